The van der Waals surface area contributed by atoms with E-state index in [9.17, 15) is 0 Å². The first-order chi connectivity index (χ1) is 5.40. The van der Waals surface area contributed by atoms with Crippen molar-refractivity contribution in [3.8, 4) is 0 Å². The van der Waals surface area contributed by atoms with E-state index < -0.39 is 0 Å². The van der Waals surface area contributed by atoms with Crippen LogP contribution in [-0.4, -0.2) is 0 Å². The monoisotopic (exact) mass is 271 g/mol. The van der Waals surface area contributed by atoms with E-state index in [1.807, 2.05) is 0 Å². The molecule has 73 valence electrons. The molecule has 0 N–H and O–H groups in total. The van der Waals surface area contributed by atoms with Crippen molar-refractivity contribution >= 4 is 10.8 Å². The fourth-order valence-electron chi connectivity index (χ4n) is 1.42. The molecule has 3 heteroatoms. The maximum Gasteiger partial charge on any atom is 3.00 e. The van der Waals surface area contributed by atoms with Crippen LogP contribution in [0, 0.1) is 0 Å². The smallest absolute Gasteiger partial charge is 1.00 e. The van der Waals surface area contributed by atoms with Crippen LogP contribution in [0.15, 0.2) is 36.4 Å². The normalized spacial score (nSPS) is 8.36. The molecule has 2 aromatic rings. The molecule has 0 aromatic heterocycles. The van der Waals surface area contributed by atoms with Gasteiger partial charge in [-0.05, 0) is 6.42 Å². The van der Waals surface area contributed by atoms with Crippen molar-refractivity contribution in [2.45, 2.75) is 13.3 Å². The van der Waals surface area contributed by atoms with Crippen LogP contribution in [0.2, 0.25) is 0 Å². The minimum absolute atomic E-state index is 0. The Morgan fingerprint density at radius 1 is 1.14 bits per heavy atom. The predicted octanol–water partition coefficient (Wildman–Crippen LogP) is -2.87. The van der Waals surface area contributed by atoms with E-state index in [1.165, 1.54) is 16.3 Å². The van der Waals surface area contributed by atoms with Gasteiger partial charge in [0, 0.05) is 0 Å². The van der Waals surface area contributed by atoms with Crippen LogP contribution in [0.4, 0.5) is 0 Å². The molecule has 0 aliphatic heterocycles. The second-order valence-corrected chi connectivity index (χ2v) is 2.85. The van der Waals surface area contributed by atoms with E-state index in [4.69, 9.17) is 0 Å². The van der Waals surface area contributed by atoms with Gasteiger partial charge in [-0.25, -0.2) is 0 Å². The molecule has 0 spiro atoms. The molecule has 1 radical (unpaired) electrons. The van der Waals surface area contributed by atoms with E-state index in [1.54, 1.807) is 0 Å². The van der Waals surface area contributed by atoms with E-state index in [-0.39, 0.29) is 35.6 Å². The van der Waals surface area contributed by atoms with Crippen LogP contribution in [0.3, 0.4) is 0 Å². The summed E-state index contributed by atoms with van der Waals surface area (Å²) in [5.74, 6) is 0. The summed E-state index contributed by atoms with van der Waals surface area (Å²) in [5.41, 5.74) is 1.44. The first-order valence-corrected chi connectivity index (χ1v) is 4.04. The molecule has 0 heterocycles. The fraction of sp³-hybridized carbons (Fsp3) is 0.182. The van der Waals surface area contributed by atoms with Gasteiger partial charge in [0.25, 0.3) is 0 Å². The number of fused-ring (bicyclic) bond motifs is 1. The van der Waals surface area contributed by atoms with E-state index in [0.717, 1.165) is 6.42 Å². The Hall–Kier alpha value is -0.427. The number of halogens is 2. The largest absolute Gasteiger partial charge is 3.00 e. The molecule has 0 saturated heterocycles. The van der Waals surface area contributed by atoms with Gasteiger partial charge in [-0.1, -0.05) is 13.0 Å². The van der Waals surface area contributed by atoms with Crippen molar-refractivity contribution in [3.05, 3.63) is 42.0 Å². The summed E-state index contributed by atoms with van der Waals surface area (Å²) in [7, 11) is 0. The first kappa shape index (κ1) is 16.0. The number of aryl methyl sites for hydroxylation is 1. The number of hydrogen-bond acceptors (Lipinski definition) is 0. The molecule has 0 amide bonds. The van der Waals surface area contributed by atoms with Crippen LogP contribution in [0.1, 0.15) is 12.5 Å². The molecular weight excluding hydrogens is 261 g/mol. The topological polar surface area (TPSA) is 0 Å². The third-order valence-corrected chi connectivity index (χ3v) is 2.09. The van der Waals surface area contributed by atoms with Gasteiger partial charge in [-0.2, -0.15) is 6.07 Å². The molecule has 0 aliphatic rings. The molecule has 2 rings (SSSR count). The average Bonchev–Trinajstić information content (AvgIpc) is 2.46. The zero-order chi connectivity index (χ0) is 7.68. The van der Waals surface area contributed by atoms with Gasteiger partial charge in [-0.3, -0.25) is 0 Å². The second kappa shape index (κ2) is 6.94. The third kappa shape index (κ3) is 3.06. The Balaban J connectivity index is 0. The van der Waals surface area contributed by atoms with Crippen LogP contribution in [-0.2, 0) is 32.6 Å². The van der Waals surface area contributed by atoms with Crippen molar-refractivity contribution < 1.29 is 35.6 Å². The Morgan fingerprint density at radius 3 is 2.36 bits per heavy atom. The van der Waals surface area contributed by atoms with E-state index >= 15 is 0 Å². The summed E-state index contributed by atoms with van der Waals surface area (Å²) in [4.78, 5) is 0. The van der Waals surface area contributed by atoms with Gasteiger partial charge < -0.3 is 9.41 Å². The molecule has 0 saturated carbocycles. The standard InChI is InChI=1S/C11H11.2FH.Zr/c1-2-9-7-10-5-3-4-6-11(10)8-9;;;/h3-8H,2H2,1H3;2*1H;/q-1;;;+3/p-2. The summed E-state index contributed by atoms with van der Waals surface area (Å²) in [6.45, 7) is 2.19. The van der Waals surface area contributed by atoms with Gasteiger partial charge in [0.05, 0.1) is 0 Å². The minimum atomic E-state index is 0. The number of benzene rings is 1. The van der Waals surface area contributed by atoms with Crippen molar-refractivity contribution in [2.75, 3.05) is 0 Å². The molecule has 0 nitrogen and oxygen atoms in total. The summed E-state index contributed by atoms with van der Waals surface area (Å²) in [6.07, 6.45) is 1.13. The summed E-state index contributed by atoms with van der Waals surface area (Å²) >= 11 is 0. The minimum Gasteiger partial charge on any atom is -1.00 e. The molecule has 14 heavy (non-hydrogen) atoms. The van der Waals surface area contributed by atoms with Crippen LogP contribution < -0.4 is 9.41 Å². The first-order valence-electron chi connectivity index (χ1n) is 4.04. The van der Waals surface area contributed by atoms with E-state index in [0.29, 0.717) is 0 Å². The van der Waals surface area contributed by atoms with Gasteiger partial charge >= 0.3 is 26.2 Å². The Labute approximate surface area is 102 Å². The zero-order valence-electron chi connectivity index (χ0n) is 7.93. The molecule has 0 aliphatic carbocycles. The summed E-state index contributed by atoms with van der Waals surface area (Å²) < 4.78 is 0. The fourth-order valence-corrected chi connectivity index (χ4v) is 1.42. The quantitative estimate of drug-likeness (QED) is 0.490. The number of hydrogen-bond donors (Lipinski definition) is 0. The number of rotatable bonds is 1. The van der Waals surface area contributed by atoms with Crippen molar-refractivity contribution in [3.63, 3.8) is 0 Å². The van der Waals surface area contributed by atoms with Gasteiger partial charge in [0.15, 0.2) is 0 Å². The average molecular weight is 272 g/mol. The van der Waals surface area contributed by atoms with Crippen LogP contribution in [0.25, 0.3) is 10.8 Å². The van der Waals surface area contributed by atoms with Gasteiger partial charge in [0.2, 0.25) is 0 Å². The molecule has 0 fully saturated rings. The predicted molar refractivity (Wildman–Crippen MR) is 48.9 cm³/mol. The molecule has 0 atom stereocenters. The maximum atomic E-state index is 2.26. The van der Waals surface area contributed by atoms with Crippen molar-refractivity contribution in [1.82, 2.24) is 0 Å². The maximum absolute atomic E-state index is 2.26. The second-order valence-electron chi connectivity index (χ2n) is 2.85. The van der Waals surface area contributed by atoms with E-state index in [2.05, 4.69) is 43.3 Å². The molecular formula is C11H11F2Zr. The molecule has 0 unspecified atom stereocenters. The van der Waals surface area contributed by atoms with Gasteiger partial charge in [0.1, 0.15) is 0 Å². The SMILES string of the molecule is CCc1cc2ccccc2[cH-]1.[F-].[F-].[Zr+3]. The zero-order valence-corrected chi connectivity index (χ0v) is 10.4. The molecule has 2 aromatic carbocycles. The van der Waals surface area contributed by atoms with Crippen molar-refractivity contribution in [1.29, 1.82) is 0 Å². The molecule has 0 bridgehead atoms. The Kier molecular flexibility index (Phi) is 7.95. The van der Waals surface area contributed by atoms with Crippen molar-refractivity contribution in [2.24, 2.45) is 0 Å². The van der Waals surface area contributed by atoms with Crippen LogP contribution in [0.5, 0.6) is 0 Å². The Morgan fingerprint density at radius 2 is 1.79 bits per heavy atom. The van der Waals surface area contributed by atoms with Gasteiger partial charge in [-0.15, -0.1) is 40.6 Å². The third-order valence-electron chi connectivity index (χ3n) is 2.09. The van der Waals surface area contributed by atoms with Crippen LogP contribution >= 0.6 is 0 Å². The summed E-state index contributed by atoms with van der Waals surface area (Å²) in [6, 6.07) is 13.0. The Bertz CT molecular complexity index is 335. The summed E-state index contributed by atoms with van der Waals surface area (Å²) in [5, 5.41) is 2.73.